The molecule has 1 saturated heterocycles. The van der Waals surface area contributed by atoms with Crippen LogP contribution >= 0.6 is 22.9 Å². The van der Waals surface area contributed by atoms with Crippen molar-refractivity contribution < 1.29 is 4.79 Å². The molecule has 3 aromatic rings. The number of para-hydroxylation sites is 1. The first-order chi connectivity index (χ1) is 14.0. The molecule has 1 aliphatic rings. The van der Waals surface area contributed by atoms with Gasteiger partial charge in [0.15, 0.2) is 5.13 Å². The van der Waals surface area contributed by atoms with Gasteiger partial charge in [0.1, 0.15) is 4.88 Å². The number of anilines is 3. The molecule has 150 valence electrons. The second-order valence-electron chi connectivity index (χ2n) is 7.06. The molecular weight excluding hydrogens is 404 g/mol. The van der Waals surface area contributed by atoms with Gasteiger partial charge in [-0.15, -0.1) is 0 Å². The molecule has 2 heterocycles. The summed E-state index contributed by atoms with van der Waals surface area (Å²) >= 11 is 7.57. The number of nitrogens with zero attached hydrogens (tertiary/aromatic N) is 4. The maximum Gasteiger partial charge on any atom is 0.266 e. The Labute approximate surface area is 180 Å². The second kappa shape index (κ2) is 8.43. The average molecular weight is 427 g/mol. The first-order valence-electron chi connectivity index (χ1n) is 9.59. The number of aromatic nitrogens is 1. The van der Waals surface area contributed by atoms with E-state index in [0.717, 1.165) is 45.2 Å². The lowest BCUT2D eigenvalue weighted by molar-refractivity contribution is 0.0750. The molecule has 0 N–H and O–H groups in total. The fraction of sp³-hybridized carbons (Fsp3) is 0.273. The van der Waals surface area contributed by atoms with E-state index in [-0.39, 0.29) is 5.91 Å². The summed E-state index contributed by atoms with van der Waals surface area (Å²) in [5.74, 6) is 0.0680. The predicted molar refractivity (Wildman–Crippen MR) is 121 cm³/mol. The number of halogens is 1. The molecule has 1 fully saturated rings. The fourth-order valence-electron chi connectivity index (χ4n) is 3.47. The Balaban J connectivity index is 1.45. The highest BCUT2D eigenvalue weighted by molar-refractivity contribution is 7.17. The van der Waals surface area contributed by atoms with E-state index in [4.69, 9.17) is 11.6 Å². The molecule has 2 aromatic carbocycles. The Morgan fingerprint density at radius 2 is 1.79 bits per heavy atom. The van der Waals surface area contributed by atoms with E-state index in [1.807, 2.05) is 72.3 Å². The lowest BCUT2D eigenvalue weighted by Gasteiger charge is -2.36. The molecule has 0 atom stereocenters. The molecule has 29 heavy (non-hydrogen) atoms. The summed E-state index contributed by atoms with van der Waals surface area (Å²) in [6.07, 6.45) is 0. The van der Waals surface area contributed by atoms with Gasteiger partial charge in [0.25, 0.3) is 5.91 Å². The zero-order chi connectivity index (χ0) is 20.4. The van der Waals surface area contributed by atoms with Crippen LogP contribution < -0.4 is 9.80 Å². The SMILES string of the molecule is Cc1nc(N(C)c2ccccc2)sc1C(=O)N1CCN(c2cccc(Cl)c2)CC1. The van der Waals surface area contributed by atoms with Crippen LogP contribution in [-0.2, 0) is 0 Å². The number of piperazine rings is 1. The number of benzene rings is 2. The summed E-state index contributed by atoms with van der Waals surface area (Å²) in [7, 11) is 1.98. The molecule has 1 aromatic heterocycles. The highest BCUT2D eigenvalue weighted by Crippen LogP contribution is 2.31. The number of amides is 1. The van der Waals surface area contributed by atoms with E-state index in [9.17, 15) is 4.79 Å². The summed E-state index contributed by atoms with van der Waals surface area (Å²) in [6, 6.07) is 17.9. The summed E-state index contributed by atoms with van der Waals surface area (Å²) in [5.41, 5.74) is 2.94. The first kappa shape index (κ1) is 19.7. The Hall–Kier alpha value is -2.57. The summed E-state index contributed by atoms with van der Waals surface area (Å²) < 4.78 is 0. The molecule has 5 nitrogen and oxygen atoms in total. The van der Waals surface area contributed by atoms with Crippen molar-refractivity contribution in [2.75, 3.05) is 43.0 Å². The molecule has 0 bridgehead atoms. The van der Waals surface area contributed by atoms with Crippen LogP contribution in [0.15, 0.2) is 54.6 Å². The normalized spacial score (nSPS) is 14.2. The third kappa shape index (κ3) is 4.23. The summed E-state index contributed by atoms with van der Waals surface area (Å²) in [5, 5.41) is 1.56. The fourth-order valence-corrected chi connectivity index (χ4v) is 4.67. The minimum absolute atomic E-state index is 0.0680. The minimum atomic E-state index is 0.0680. The van der Waals surface area contributed by atoms with Crippen LogP contribution in [0.1, 0.15) is 15.4 Å². The quantitative estimate of drug-likeness (QED) is 0.598. The summed E-state index contributed by atoms with van der Waals surface area (Å²) in [6.45, 7) is 4.87. The van der Waals surface area contributed by atoms with Crippen LogP contribution in [0.25, 0.3) is 0 Å². The predicted octanol–water partition coefficient (Wildman–Crippen LogP) is 4.84. The zero-order valence-electron chi connectivity index (χ0n) is 16.5. The molecule has 0 aliphatic carbocycles. The number of carbonyl (C=O) groups is 1. The molecule has 4 rings (SSSR count). The minimum Gasteiger partial charge on any atom is -0.368 e. The molecular formula is C22H23ClN4OS. The van der Waals surface area contributed by atoms with Gasteiger partial charge in [0.05, 0.1) is 5.69 Å². The molecule has 0 spiro atoms. The third-order valence-electron chi connectivity index (χ3n) is 5.15. The molecule has 0 radical (unpaired) electrons. The van der Waals surface area contributed by atoms with Gasteiger partial charge in [-0.3, -0.25) is 4.79 Å². The van der Waals surface area contributed by atoms with Crippen LogP contribution in [0.4, 0.5) is 16.5 Å². The topological polar surface area (TPSA) is 39.7 Å². The Bertz CT molecular complexity index is 999. The van der Waals surface area contributed by atoms with Crippen LogP contribution in [-0.4, -0.2) is 49.0 Å². The van der Waals surface area contributed by atoms with Crippen molar-refractivity contribution in [2.45, 2.75) is 6.92 Å². The monoisotopic (exact) mass is 426 g/mol. The Morgan fingerprint density at radius 1 is 1.07 bits per heavy atom. The Morgan fingerprint density at radius 3 is 2.48 bits per heavy atom. The van der Waals surface area contributed by atoms with Crippen LogP contribution in [0.3, 0.4) is 0 Å². The van der Waals surface area contributed by atoms with Gasteiger partial charge in [-0.2, -0.15) is 0 Å². The van der Waals surface area contributed by atoms with Gasteiger partial charge in [0.2, 0.25) is 0 Å². The van der Waals surface area contributed by atoms with E-state index in [1.54, 1.807) is 0 Å². The number of rotatable bonds is 4. The van der Waals surface area contributed by atoms with Crippen molar-refractivity contribution in [1.29, 1.82) is 0 Å². The van der Waals surface area contributed by atoms with Gasteiger partial charge in [-0.1, -0.05) is 47.2 Å². The number of hydrogen-bond donors (Lipinski definition) is 0. The van der Waals surface area contributed by atoms with Crippen molar-refractivity contribution in [3.8, 4) is 0 Å². The second-order valence-corrected chi connectivity index (χ2v) is 8.48. The van der Waals surface area contributed by atoms with E-state index < -0.39 is 0 Å². The maximum absolute atomic E-state index is 13.1. The van der Waals surface area contributed by atoms with Gasteiger partial charge in [-0.05, 0) is 37.3 Å². The smallest absolute Gasteiger partial charge is 0.266 e. The van der Waals surface area contributed by atoms with Crippen molar-refractivity contribution in [3.05, 3.63) is 70.2 Å². The third-order valence-corrected chi connectivity index (χ3v) is 6.61. The highest BCUT2D eigenvalue weighted by atomic mass is 35.5. The molecule has 1 amide bonds. The number of aryl methyl sites for hydroxylation is 1. The standard InChI is InChI=1S/C22H23ClN4OS/c1-16-20(29-22(24-16)25(2)18-8-4-3-5-9-18)21(28)27-13-11-26(12-14-27)19-10-6-7-17(23)15-19/h3-10,15H,11-14H2,1-2H3. The lowest BCUT2D eigenvalue weighted by atomic mass is 10.2. The van der Waals surface area contributed by atoms with Crippen LogP contribution in [0.2, 0.25) is 5.02 Å². The van der Waals surface area contributed by atoms with Gasteiger partial charge in [-0.25, -0.2) is 4.98 Å². The van der Waals surface area contributed by atoms with Gasteiger partial charge in [0, 0.05) is 49.6 Å². The van der Waals surface area contributed by atoms with Crippen molar-refractivity contribution in [3.63, 3.8) is 0 Å². The maximum atomic E-state index is 13.1. The lowest BCUT2D eigenvalue weighted by Crippen LogP contribution is -2.48. The molecule has 0 unspecified atom stereocenters. The van der Waals surface area contributed by atoms with E-state index in [0.29, 0.717) is 13.1 Å². The van der Waals surface area contributed by atoms with Gasteiger partial charge < -0.3 is 14.7 Å². The van der Waals surface area contributed by atoms with Crippen molar-refractivity contribution >= 4 is 45.4 Å². The Kier molecular flexibility index (Phi) is 5.74. The van der Waals surface area contributed by atoms with Crippen molar-refractivity contribution in [2.24, 2.45) is 0 Å². The first-order valence-corrected chi connectivity index (χ1v) is 10.8. The largest absolute Gasteiger partial charge is 0.368 e. The zero-order valence-corrected chi connectivity index (χ0v) is 18.1. The highest BCUT2D eigenvalue weighted by Gasteiger charge is 2.26. The number of thiazole rings is 1. The molecule has 1 aliphatic heterocycles. The number of hydrogen-bond acceptors (Lipinski definition) is 5. The molecule has 0 saturated carbocycles. The van der Waals surface area contributed by atoms with E-state index in [2.05, 4.69) is 16.0 Å². The van der Waals surface area contributed by atoms with E-state index in [1.165, 1.54) is 11.3 Å². The number of carbonyl (C=O) groups excluding carboxylic acids is 1. The van der Waals surface area contributed by atoms with E-state index >= 15 is 0 Å². The average Bonchev–Trinajstić information content (AvgIpc) is 3.15. The molecule has 7 heteroatoms. The van der Waals surface area contributed by atoms with Crippen molar-refractivity contribution in [1.82, 2.24) is 9.88 Å². The van der Waals surface area contributed by atoms with Crippen LogP contribution in [0.5, 0.6) is 0 Å². The summed E-state index contributed by atoms with van der Waals surface area (Å²) in [4.78, 5) is 24.7. The van der Waals surface area contributed by atoms with Crippen LogP contribution in [0, 0.1) is 6.92 Å². The van der Waals surface area contributed by atoms with Gasteiger partial charge >= 0.3 is 0 Å².